The van der Waals surface area contributed by atoms with Crippen LogP contribution in [0, 0.1) is 0 Å². The Morgan fingerprint density at radius 1 is 1.75 bits per heavy atom. The van der Waals surface area contributed by atoms with Gasteiger partial charge in [0.15, 0.2) is 0 Å². The second kappa shape index (κ2) is 3.23. The van der Waals surface area contributed by atoms with E-state index in [0.29, 0.717) is 13.0 Å². The lowest BCUT2D eigenvalue weighted by molar-refractivity contribution is -0.275. The number of hydrogen-bond donors (Lipinski definition) is 0. The zero-order chi connectivity index (χ0) is 9.19. The van der Waals surface area contributed by atoms with Crippen LogP contribution in [-0.2, 0) is 14.3 Å². The third-order valence-corrected chi connectivity index (χ3v) is 1.53. The average molecular weight is 174 g/mol. The first-order valence-corrected chi connectivity index (χ1v) is 3.75. The molecule has 12 heavy (non-hydrogen) atoms. The lowest BCUT2D eigenvalue weighted by atomic mass is 10.3. The standard InChI is InChI=1S/C8H11FO3/c1-6(2)7(10)12-8(9)4-3-5-11-8/h1,3-5H2,2H3. The van der Waals surface area contributed by atoms with E-state index in [1.54, 1.807) is 0 Å². The summed E-state index contributed by atoms with van der Waals surface area (Å²) in [5, 5.41) is 0. The third-order valence-electron chi connectivity index (χ3n) is 1.53. The maximum Gasteiger partial charge on any atom is 0.365 e. The number of alkyl halides is 1. The molecule has 0 radical (unpaired) electrons. The van der Waals surface area contributed by atoms with Crippen LogP contribution in [0.1, 0.15) is 19.8 Å². The van der Waals surface area contributed by atoms with Gasteiger partial charge in [-0.15, -0.1) is 0 Å². The molecule has 0 aromatic carbocycles. The maximum absolute atomic E-state index is 13.2. The molecule has 1 rings (SSSR count). The highest BCUT2D eigenvalue weighted by atomic mass is 19.2. The molecule has 0 saturated carbocycles. The van der Waals surface area contributed by atoms with Crippen molar-refractivity contribution in [3.8, 4) is 0 Å². The number of hydrogen-bond acceptors (Lipinski definition) is 3. The summed E-state index contributed by atoms with van der Waals surface area (Å²) in [7, 11) is 0. The Kier molecular flexibility index (Phi) is 2.47. The van der Waals surface area contributed by atoms with Crippen LogP contribution in [0.5, 0.6) is 0 Å². The molecule has 1 atom stereocenters. The van der Waals surface area contributed by atoms with Crippen molar-refractivity contribution in [2.24, 2.45) is 0 Å². The fraction of sp³-hybridized carbons (Fsp3) is 0.625. The molecule has 0 amide bonds. The van der Waals surface area contributed by atoms with Gasteiger partial charge in [-0.25, -0.2) is 4.79 Å². The lowest BCUT2D eigenvalue weighted by Gasteiger charge is -2.18. The Labute approximate surface area is 70.2 Å². The second-order valence-corrected chi connectivity index (χ2v) is 2.78. The number of carbonyl (C=O) groups is 1. The SMILES string of the molecule is C=C(C)C(=O)OC1(F)CCCO1. The van der Waals surface area contributed by atoms with Gasteiger partial charge in [0.05, 0.1) is 6.61 Å². The van der Waals surface area contributed by atoms with E-state index >= 15 is 0 Å². The summed E-state index contributed by atoms with van der Waals surface area (Å²) in [5.74, 6) is -0.751. The van der Waals surface area contributed by atoms with Crippen molar-refractivity contribution in [2.75, 3.05) is 6.61 Å². The summed E-state index contributed by atoms with van der Waals surface area (Å²) >= 11 is 0. The molecule has 1 unspecified atom stereocenters. The topological polar surface area (TPSA) is 35.5 Å². The Balaban J connectivity index is 2.49. The molecular weight excluding hydrogens is 163 g/mol. The summed E-state index contributed by atoms with van der Waals surface area (Å²) < 4.78 is 22.3. The van der Waals surface area contributed by atoms with E-state index in [-0.39, 0.29) is 12.0 Å². The summed E-state index contributed by atoms with van der Waals surface area (Å²) in [6.07, 6.45) is 0.673. The zero-order valence-electron chi connectivity index (χ0n) is 6.93. The average Bonchev–Trinajstić information content (AvgIpc) is 2.35. The molecule has 68 valence electrons. The number of esters is 1. The first-order chi connectivity index (χ1) is 5.53. The van der Waals surface area contributed by atoms with E-state index in [1.807, 2.05) is 0 Å². The molecule has 0 aliphatic carbocycles. The first kappa shape index (κ1) is 9.19. The van der Waals surface area contributed by atoms with Crippen LogP contribution in [0.15, 0.2) is 12.2 Å². The minimum Gasteiger partial charge on any atom is -0.401 e. The minimum absolute atomic E-state index is 0.103. The highest BCUT2D eigenvalue weighted by Gasteiger charge is 2.39. The van der Waals surface area contributed by atoms with E-state index in [4.69, 9.17) is 0 Å². The highest BCUT2D eigenvalue weighted by molar-refractivity contribution is 5.87. The van der Waals surface area contributed by atoms with Gasteiger partial charge in [-0.2, -0.15) is 4.39 Å². The molecule has 1 fully saturated rings. The van der Waals surface area contributed by atoms with Crippen LogP contribution in [0.2, 0.25) is 0 Å². The minimum atomic E-state index is -2.21. The zero-order valence-corrected chi connectivity index (χ0v) is 6.93. The summed E-state index contributed by atoms with van der Waals surface area (Å²) in [4.78, 5) is 10.9. The van der Waals surface area contributed by atoms with Crippen molar-refractivity contribution in [3.05, 3.63) is 12.2 Å². The van der Waals surface area contributed by atoms with Gasteiger partial charge in [-0.05, 0) is 13.3 Å². The van der Waals surface area contributed by atoms with E-state index in [2.05, 4.69) is 16.1 Å². The predicted octanol–water partition coefficient (Wildman–Crippen LogP) is 1.54. The number of halogens is 1. The van der Waals surface area contributed by atoms with Crippen LogP contribution in [0.25, 0.3) is 0 Å². The smallest absolute Gasteiger partial charge is 0.365 e. The van der Waals surface area contributed by atoms with Crippen molar-refractivity contribution in [3.63, 3.8) is 0 Å². The van der Waals surface area contributed by atoms with Gasteiger partial charge in [0.25, 0.3) is 0 Å². The number of ether oxygens (including phenoxy) is 2. The van der Waals surface area contributed by atoms with Crippen LogP contribution < -0.4 is 0 Å². The summed E-state index contributed by atoms with van der Waals surface area (Å²) in [6, 6.07) is -2.21. The van der Waals surface area contributed by atoms with Gasteiger partial charge in [-0.1, -0.05) is 6.58 Å². The van der Waals surface area contributed by atoms with Gasteiger partial charge in [-0.3, -0.25) is 0 Å². The lowest BCUT2D eigenvalue weighted by Crippen LogP contribution is -2.29. The molecule has 0 N–H and O–H groups in total. The van der Waals surface area contributed by atoms with Crippen molar-refractivity contribution in [1.82, 2.24) is 0 Å². The van der Waals surface area contributed by atoms with E-state index in [0.717, 1.165) is 0 Å². The second-order valence-electron chi connectivity index (χ2n) is 2.78. The molecule has 0 bridgehead atoms. The Morgan fingerprint density at radius 2 is 2.42 bits per heavy atom. The van der Waals surface area contributed by atoms with Gasteiger partial charge in [0, 0.05) is 12.0 Å². The van der Waals surface area contributed by atoms with E-state index < -0.39 is 12.0 Å². The van der Waals surface area contributed by atoms with E-state index in [1.165, 1.54) is 6.92 Å². The van der Waals surface area contributed by atoms with Crippen molar-refractivity contribution in [2.45, 2.75) is 25.8 Å². The fourth-order valence-electron chi connectivity index (χ4n) is 0.886. The monoisotopic (exact) mass is 174 g/mol. The Hall–Kier alpha value is -0.900. The molecule has 1 aliphatic rings. The van der Waals surface area contributed by atoms with Crippen LogP contribution >= 0.6 is 0 Å². The fourth-order valence-corrected chi connectivity index (χ4v) is 0.886. The molecule has 3 nitrogen and oxygen atoms in total. The van der Waals surface area contributed by atoms with Crippen LogP contribution in [-0.4, -0.2) is 18.6 Å². The maximum atomic E-state index is 13.2. The molecule has 1 saturated heterocycles. The van der Waals surface area contributed by atoms with Crippen LogP contribution in [0.4, 0.5) is 4.39 Å². The largest absolute Gasteiger partial charge is 0.401 e. The predicted molar refractivity (Wildman–Crippen MR) is 39.9 cm³/mol. The summed E-state index contributed by atoms with van der Waals surface area (Å²) in [6.45, 7) is 5.08. The molecule has 0 spiro atoms. The molecular formula is C8H11FO3. The van der Waals surface area contributed by atoms with E-state index in [9.17, 15) is 9.18 Å². The molecule has 4 heteroatoms. The molecule has 1 aliphatic heterocycles. The number of rotatable bonds is 2. The summed E-state index contributed by atoms with van der Waals surface area (Å²) in [5.41, 5.74) is 0.169. The van der Waals surface area contributed by atoms with Gasteiger partial charge >= 0.3 is 12.0 Å². The van der Waals surface area contributed by atoms with Gasteiger partial charge in [0.1, 0.15) is 0 Å². The molecule has 0 aromatic rings. The molecule has 1 heterocycles. The first-order valence-electron chi connectivity index (χ1n) is 3.75. The number of carbonyl (C=O) groups excluding carboxylic acids is 1. The third kappa shape index (κ3) is 2.04. The Morgan fingerprint density at radius 3 is 2.83 bits per heavy atom. The highest BCUT2D eigenvalue weighted by Crippen LogP contribution is 2.28. The van der Waals surface area contributed by atoms with Gasteiger partial charge in [0.2, 0.25) is 0 Å². The van der Waals surface area contributed by atoms with Gasteiger partial charge < -0.3 is 9.47 Å². The van der Waals surface area contributed by atoms with Crippen molar-refractivity contribution >= 4 is 5.97 Å². The Bertz CT molecular complexity index is 206. The van der Waals surface area contributed by atoms with Crippen molar-refractivity contribution < 1.29 is 18.7 Å². The molecule has 0 aromatic heterocycles. The van der Waals surface area contributed by atoms with Crippen LogP contribution in [0.3, 0.4) is 0 Å². The quantitative estimate of drug-likeness (QED) is 0.470. The normalized spacial score (nSPS) is 28.5. The van der Waals surface area contributed by atoms with Crippen molar-refractivity contribution in [1.29, 1.82) is 0 Å².